The molecule has 1 fully saturated rings. The number of benzene rings is 2. The van der Waals surface area contributed by atoms with Crippen LogP contribution in [0.1, 0.15) is 6.42 Å². The van der Waals surface area contributed by atoms with E-state index in [0.717, 1.165) is 8.95 Å². The molecule has 1 aliphatic heterocycles. The van der Waals surface area contributed by atoms with E-state index in [9.17, 15) is 14.4 Å². The van der Waals surface area contributed by atoms with Gasteiger partial charge >= 0.3 is 0 Å². The van der Waals surface area contributed by atoms with Crippen molar-refractivity contribution in [2.24, 2.45) is 0 Å². The van der Waals surface area contributed by atoms with E-state index in [0.29, 0.717) is 11.4 Å². The Morgan fingerprint density at radius 1 is 1.04 bits per heavy atom. The van der Waals surface area contributed by atoms with Crippen molar-refractivity contribution in [1.29, 1.82) is 0 Å². The van der Waals surface area contributed by atoms with Gasteiger partial charge in [-0.1, -0.05) is 31.9 Å². The fraction of sp³-hybridized carbons (Fsp3) is 0.167. The molecule has 1 aliphatic rings. The van der Waals surface area contributed by atoms with Crippen LogP contribution in [0, 0.1) is 0 Å². The summed E-state index contributed by atoms with van der Waals surface area (Å²) in [4.78, 5) is 38.0. The molecular weight excluding hydrogens is 484 g/mol. The minimum atomic E-state index is -0.540. The average molecular weight is 498 g/mol. The van der Waals surface area contributed by atoms with Gasteiger partial charge in [-0.25, -0.2) is 4.90 Å². The van der Waals surface area contributed by atoms with Crippen molar-refractivity contribution in [1.82, 2.24) is 0 Å². The predicted molar refractivity (Wildman–Crippen MR) is 110 cm³/mol. The summed E-state index contributed by atoms with van der Waals surface area (Å²) in [6.45, 7) is 0. The van der Waals surface area contributed by atoms with Gasteiger partial charge in [0.1, 0.15) is 0 Å². The molecular formula is C18H14Br2N2O3S. The van der Waals surface area contributed by atoms with E-state index in [4.69, 9.17) is 0 Å². The van der Waals surface area contributed by atoms with Crippen LogP contribution in [0.3, 0.4) is 0 Å². The fourth-order valence-corrected chi connectivity index (χ4v) is 3.96. The molecule has 0 radical (unpaired) electrons. The van der Waals surface area contributed by atoms with E-state index in [-0.39, 0.29) is 29.9 Å². The first kappa shape index (κ1) is 19.1. The molecule has 0 saturated carbocycles. The Labute approximate surface area is 171 Å². The van der Waals surface area contributed by atoms with Crippen molar-refractivity contribution in [3.8, 4) is 0 Å². The number of hydrogen-bond donors (Lipinski definition) is 1. The van der Waals surface area contributed by atoms with Crippen molar-refractivity contribution in [3.05, 3.63) is 57.5 Å². The van der Waals surface area contributed by atoms with E-state index in [1.165, 1.54) is 16.7 Å². The molecule has 1 atom stereocenters. The van der Waals surface area contributed by atoms with Gasteiger partial charge in [-0.05, 0) is 48.5 Å². The first-order chi connectivity index (χ1) is 12.4. The van der Waals surface area contributed by atoms with Crippen molar-refractivity contribution >= 4 is 72.7 Å². The lowest BCUT2D eigenvalue weighted by Crippen LogP contribution is -2.31. The third-order valence-corrected chi connectivity index (χ3v) is 5.99. The number of halogens is 2. The molecule has 3 amide bonds. The first-order valence-electron chi connectivity index (χ1n) is 7.73. The van der Waals surface area contributed by atoms with E-state index in [2.05, 4.69) is 37.2 Å². The van der Waals surface area contributed by atoms with Gasteiger partial charge in [0.2, 0.25) is 17.7 Å². The Bertz CT molecular complexity index is 841. The molecule has 0 aliphatic carbocycles. The Hall–Kier alpha value is -1.64. The van der Waals surface area contributed by atoms with Crippen LogP contribution in [0.5, 0.6) is 0 Å². The van der Waals surface area contributed by atoms with Crippen molar-refractivity contribution < 1.29 is 14.4 Å². The standard InChI is InChI=1S/C18H14Br2N2O3S/c19-11-1-5-13(6-2-11)21-16(23)10-26-15-9-17(24)22(18(15)25)14-7-3-12(20)4-8-14/h1-8,15H,9-10H2,(H,21,23). The predicted octanol–water partition coefficient (Wildman–Crippen LogP) is 4.22. The minimum Gasteiger partial charge on any atom is -0.325 e. The monoisotopic (exact) mass is 496 g/mol. The molecule has 5 nitrogen and oxygen atoms in total. The SMILES string of the molecule is O=C(CSC1CC(=O)N(c2ccc(Br)cc2)C1=O)Nc1ccc(Br)cc1. The fourth-order valence-electron chi connectivity index (χ4n) is 2.50. The number of anilines is 2. The van der Waals surface area contributed by atoms with E-state index < -0.39 is 5.25 Å². The van der Waals surface area contributed by atoms with Crippen LogP contribution in [0.2, 0.25) is 0 Å². The second kappa shape index (κ2) is 8.37. The van der Waals surface area contributed by atoms with E-state index in [1.807, 2.05) is 12.1 Å². The normalized spacial score (nSPS) is 16.8. The van der Waals surface area contributed by atoms with Crippen LogP contribution in [0.4, 0.5) is 11.4 Å². The summed E-state index contributed by atoms with van der Waals surface area (Å²) in [6, 6.07) is 14.2. The van der Waals surface area contributed by atoms with Gasteiger partial charge in [-0.2, -0.15) is 0 Å². The minimum absolute atomic E-state index is 0.102. The van der Waals surface area contributed by atoms with Crippen molar-refractivity contribution in [3.63, 3.8) is 0 Å². The van der Waals surface area contributed by atoms with Crippen LogP contribution < -0.4 is 10.2 Å². The summed E-state index contributed by atoms with van der Waals surface area (Å²) >= 11 is 7.85. The van der Waals surface area contributed by atoms with Gasteiger partial charge in [0.05, 0.1) is 16.7 Å². The summed E-state index contributed by atoms with van der Waals surface area (Å²) in [7, 11) is 0. The highest BCUT2D eigenvalue weighted by Crippen LogP contribution is 2.30. The Kier molecular flexibility index (Phi) is 6.16. The van der Waals surface area contributed by atoms with Gasteiger partial charge < -0.3 is 5.32 Å². The van der Waals surface area contributed by atoms with Crippen LogP contribution in [0.25, 0.3) is 0 Å². The summed E-state index contributed by atoms with van der Waals surface area (Å²) in [5.41, 5.74) is 1.23. The van der Waals surface area contributed by atoms with E-state index >= 15 is 0 Å². The van der Waals surface area contributed by atoms with Gasteiger partial charge in [0, 0.05) is 21.1 Å². The maximum Gasteiger partial charge on any atom is 0.247 e. The van der Waals surface area contributed by atoms with Crippen molar-refractivity contribution in [2.45, 2.75) is 11.7 Å². The maximum absolute atomic E-state index is 12.5. The summed E-state index contributed by atoms with van der Waals surface area (Å²) in [6.07, 6.45) is 0.102. The lowest BCUT2D eigenvalue weighted by atomic mass is 10.3. The zero-order valence-electron chi connectivity index (χ0n) is 13.4. The summed E-state index contributed by atoms with van der Waals surface area (Å²) in [5, 5.41) is 2.23. The van der Waals surface area contributed by atoms with Gasteiger partial charge in [-0.3, -0.25) is 14.4 Å². The molecule has 1 saturated heterocycles. The molecule has 26 heavy (non-hydrogen) atoms. The molecule has 0 spiro atoms. The van der Waals surface area contributed by atoms with Gasteiger partial charge in [-0.15, -0.1) is 11.8 Å². The molecule has 8 heteroatoms. The maximum atomic E-state index is 12.5. The number of amides is 3. The lowest BCUT2D eigenvalue weighted by molar-refractivity contribution is -0.121. The topological polar surface area (TPSA) is 66.5 Å². The first-order valence-corrected chi connectivity index (χ1v) is 10.4. The van der Waals surface area contributed by atoms with Crippen molar-refractivity contribution in [2.75, 3.05) is 16.0 Å². The Balaban J connectivity index is 1.57. The van der Waals surface area contributed by atoms with Crippen LogP contribution in [-0.2, 0) is 14.4 Å². The quantitative estimate of drug-likeness (QED) is 0.628. The Morgan fingerprint density at radius 2 is 1.62 bits per heavy atom. The molecule has 0 aromatic heterocycles. The molecule has 1 heterocycles. The summed E-state index contributed by atoms with van der Waals surface area (Å²) in [5.74, 6) is -0.630. The third kappa shape index (κ3) is 4.55. The molecule has 2 aromatic carbocycles. The van der Waals surface area contributed by atoms with E-state index in [1.54, 1.807) is 36.4 Å². The van der Waals surface area contributed by atoms with Gasteiger partial charge in [0.25, 0.3) is 0 Å². The number of nitrogens with one attached hydrogen (secondary N) is 1. The Morgan fingerprint density at radius 3 is 2.23 bits per heavy atom. The number of carbonyl (C=O) groups is 3. The zero-order chi connectivity index (χ0) is 18.7. The highest BCUT2D eigenvalue weighted by Gasteiger charge is 2.40. The van der Waals surface area contributed by atoms with Crippen LogP contribution >= 0.6 is 43.6 Å². The second-order valence-electron chi connectivity index (χ2n) is 5.60. The van der Waals surface area contributed by atoms with Gasteiger partial charge in [0.15, 0.2) is 0 Å². The highest BCUT2D eigenvalue weighted by molar-refractivity contribution is 9.10. The largest absolute Gasteiger partial charge is 0.325 e. The molecule has 3 rings (SSSR count). The molecule has 134 valence electrons. The lowest BCUT2D eigenvalue weighted by Gasteiger charge is -2.15. The highest BCUT2D eigenvalue weighted by atomic mass is 79.9. The average Bonchev–Trinajstić information content (AvgIpc) is 2.90. The molecule has 1 N–H and O–H groups in total. The second-order valence-corrected chi connectivity index (χ2v) is 8.63. The molecule has 2 aromatic rings. The molecule has 0 bridgehead atoms. The summed E-state index contributed by atoms with van der Waals surface area (Å²) < 4.78 is 1.80. The third-order valence-electron chi connectivity index (χ3n) is 3.73. The number of imide groups is 1. The number of nitrogens with zero attached hydrogens (tertiary/aromatic N) is 1. The number of hydrogen-bond acceptors (Lipinski definition) is 4. The zero-order valence-corrected chi connectivity index (χ0v) is 17.4. The smallest absolute Gasteiger partial charge is 0.247 e. The number of thioether (sulfide) groups is 1. The number of rotatable bonds is 5. The number of carbonyl (C=O) groups excluding carboxylic acids is 3. The van der Waals surface area contributed by atoms with Crippen LogP contribution in [0.15, 0.2) is 57.5 Å². The molecule has 1 unspecified atom stereocenters. The van der Waals surface area contributed by atoms with Crippen LogP contribution in [-0.4, -0.2) is 28.7 Å².